The van der Waals surface area contributed by atoms with Gasteiger partial charge in [-0.3, -0.25) is 43.0 Å². The molecule has 2 fully saturated rings. The average molecular weight is 1360 g/mol. The van der Waals surface area contributed by atoms with E-state index in [2.05, 4.69) is 69.5 Å². The van der Waals surface area contributed by atoms with Crippen LogP contribution in [0.3, 0.4) is 0 Å². The third-order valence-electron chi connectivity index (χ3n) is 16.5. The van der Waals surface area contributed by atoms with Crippen LogP contribution in [0.25, 0.3) is 22.0 Å². The number of carboxylic acids is 1. The summed E-state index contributed by atoms with van der Waals surface area (Å²) in [5, 5.41) is 27.7. The number of aliphatic carboxylic acids is 1. The number of benzene rings is 1. The number of unbranched alkanes of at least 4 members (excludes halogenated alkanes) is 13. The number of anilines is 1. The molecule has 3 aromatic heterocycles. The molecule has 2 aliphatic rings. The number of hydrogen-bond donors (Lipinski definition) is 6. The van der Waals surface area contributed by atoms with Crippen molar-refractivity contribution in [3.05, 3.63) is 63.9 Å². The number of hydrogen-bond acceptors (Lipinski definition) is 18. The molecule has 0 spiro atoms. The molecule has 26 nitrogen and oxygen atoms in total. The Morgan fingerprint density at radius 3 is 1.84 bits per heavy atom. The van der Waals surface area contributed by atoms with Gasteiger partial charge in [-0.05, 0) is 102 Å². The van der Waals surface area contributed by atoms with Gasteiger partial charge < -0.3 is 60.3 Å². The molecule has 1 aliphatic carbocycles. The summed E-state index contributed by atoms with van der Waals surface area (Å²) in [5.74, 6) is -2.68. The second-order valence-corrected chi connectivity index (χ2v) is 25.0. The van der Waals surface area contributed by atoms with E-state index in [0.29, 0.717) is 52.0 Å². The van der Waals surface area contributed by atoms with Crippen LogP contribution in [0.2, 0.25) is 0 Å². The SMILES string of the molecule is COC(=O)[C@H](CCC(=O)NCCOCCOCC(=O)NCCOCCOCC(=O)NCc1ncc(-c2cc(C)c3c(c2)c(C(C)=O)nn3CC(=O)N2[C@H](C(=O)Nc3nc(Br)ccc3C)C[C@@]3(C)C[C@@H]23)cn1)NC(=O)CCCCCCCCCCCCCCCCC(=O)O. The van der Waals surface area contributed by atoms with E-state index < -0.39 is 24.0 Å². The van der Waals surface area contributed by atoms with Crippen LogP contribution in [-0.2, 0) is 75.1 Å². The predicted molar refractivity (Wildman–Crippen MR) is 348 cm³/mol. The molecule has 6 rings (SSSR count). The number of nitrogens with one attached hydrogen (secondary N) is 5. The molecule has 0 bridgehead atoms. The summed E-state index contributed by atoms with van der Waals surface area (Å²) >= 11 is 3.37. The van der Waals surface area contributed by atoms with Crippen LogP contribution in [0.1, 0.15) is 170 Å². The lowest BCUT2D eigenvalue weighted by atomic mass is 10.0. The second kappa shape index (κ2) is 39.4. The first kappa shape index (κ1) is 74.7. The van der Waals surface area contributed by atoms with Crippen molar-refractivity contribution in [1.29, 1.82) is 0 Å². The zero-order valence-electron chi connectivity index (χ0n) is 54.5. The highest BCUT2D eigenvalue weighted by Crippen LogP contribution is 2.59. The molecule has 1 saturated carbocycles. The fourth-order valence-corrected chi connectivity index (χ4v) is 11.7. The van der Waals surface area contributed by atoms with Gasteiger partial charge in [-0.25, -0.2) is 19.7 Å². The van der Waals surface area contributed by atoms with E-state index in [1.165, 1.54) is 59.0 Å². The van der Waals surface area contributed by atoms with Gasteiger partial charge >= 0.3 is 11.9 Å². The Kier molecular flexibility index (Phi) is 31.6. The Morgan fingerprint density at radius 2 is 1.25 bits per heavy atom. The standard InChI is InChI=1S/C66H94BrN11O15/c1-44-22-24-53(67)74-63(44)75-64(87)51-36-66(4)37-52(66)78(51)59(84)41-77-62-45(2)34-47(35-49(62)61(76-77)46(3)79)48-38-70-54(71-39-48)40-72-58(83)43-93-33-31-91-29-27-69-57(82)42-92-32-30-90-28-26-68-55(80)25-23-50(65(88)89-5)73-56(81)20-18-16-14-12-10-8-6-7-9-11-13-15-17-19-21-60(85)86/h22,24,34-35,38-39,50-52H,6-21,23,25-33,36-37,40-43H2,1-5H3,(H,68,80)(H,69,82)(H,72,83)(H,73,81)(H,85,86)(H,74,75,87)/t50-,51-,52+,66-/m0/s1. The highest BCUT2D eigenvalue weighted by molar-refractivity contribution is 9.10. The molecule has 6 N–H and O–H groups in total. The number of fused-ring (bicyclic) bond motifs is 2. The number of carboxylic acid groups (broad SMARTS) is 1. The maximum atomic E-state index is 14.2. The molecule has 6 amide bonds. The van der Waals surface area contributed by atoms with Crippen LogP contribution in [0.15, 0.2) is 41.3 Å². The molecule has 93 heavy (non-hydrogen) atoms. The number of carbonyl (C=O) groups is 9. The van der Waals surface area contributed by atoms with Crippen LogP contribution >= 0.6 is 15.9 Å². The molecular formula is C66H94BrN11O15. The van der Waals surface area contributed by atoms with Crippen molar-refractivity contribution in [1.82, 2.24) is 50.9 Å². The average Bonchev–Trinajstić information content (AvgIpc) is 1.55. The van der Waals surface area contributed by atoms with Gasteiger partial charge in [0.25, 0.3) is 0 Å². The molecule has 1 aromatic carbocycles. The first-order valence-electron chi connectivity index (χ1n) is 32.6. The van der Waals surface area contributed by atoms with Crippen molar-refractivity contribution in [2.24, 2.45) is 5.41 Å². The second-order valence-electron chi connectivity index (χ2n) is 24.2. The van der Waals surface area contributed by atoms with Crippen molar-refractivity contribution >= 4 is 85.8 Å². The van der Waals surface area contributed by atoms with Gasteiger partial charge in [0.05, 0.1) is 58.8 Å². The van der Waals surface area contributed by atoms with Crippen molar-refractivity contribution < 1.29 is 71.9 Å². The first-order valence-corrected chi connectivity index (χ1v) is 33.3. The maximum Gasteiger partial charge on any atom is 0.328 e. The molecule has 4 heterocycles. The van der Waals surface area contributed by atoms with E-state index >= 15 is 0 Å². The molecule has 1 aliphatic heterocycles. The van der Waals surface area contributed by atoms with Gasteiger partial charge in [0.15, 0.2) is 5.78 Å². The van der Waals surface area contributed by atoms with Crippen molar-refractivity contribution in [2.75, 3.05) is 78.4 Å². The third kappa shape index (κ3) is 25.5. The summed E-state index contributed by atoms with van der Waals surface area (Å²) in [4.78, 5) is 129. The lowest BCUT2D eigenvalue weighted by molar-refractivity contribution is -0.145. The Hall–Kier alpha value is -7.33. The number of esters is 1. The molecular weight excluding hydrogens is 1270 g/mol. The number of ketones is 1. The zero-order valence-corrected chi connectivity index (χ0v) is 56.1. The van der Waals surface area contributed by atoms with E-state index in [4.69, 9.17) is 28.8 Å². The number of amides is 6. The van der Waals surface area contributed by atoms with E-state index in [0.717, 1.165) is 61.6 Å². The van der Waals surface area contributed by atoms with E-state index in [1.807, 2.05) is 32.0 Å². The van der Waals surface area contributed by atoms with Gasteiger partial charge in [0.2, 0.25) is 35.4 Å². The van der Waals surface area contributed by atoms with Gasteiger partial charge in [0, 0.05) is 68.7 Å². The normalized spacial score (nSPS) is 15.9. The fourth-order valence-electron chi connectivity index (χ4n) is 11.3. The lowest BCUT2D eigenvalue weighted by Gasteiger charge is -2.27. The van der Waals surface area contributed by atoms with Crippen LogP contribution in [0.5, 0.6) is 0 Å². The molecule has 4 aromatic rings. The van der Waals surface area contributed by atoms with E-state index in [1.54, 1.807) is 28.0 Å². The van der Waals surface area contributed by atoms with E-state index in [-0.39, 0.29) is 157 Å². The number of rotatable bonds is 46. The van der Waals surface area contributed by atoms with Crippen molar-refractivity contribution in [3.63, 3.8) is 0 Å². The van der Waals surface area contributed by atoms with Crippen LogP contribution < -0.4 is 26.6 Å². The molecule has 0 unspecified atom stereocenters. The van der Waals surface area contributed by atoms with Gasteiger partial charge in [-0.2, -0.15) is 5.10 Å². The van der Waals surface area contributed by atoms with Gasteiger partial charge in [0.1, 0.15) is 53.8 Å². The van der Waals surface area contributed by atoms with Crippen LogP contribution in [0.4, 0.5) is 5.82 Å². The largest absolute Gasteiger partial charge is 0.481 e. The lowest BCUT2D eigenvalue weighted by Crippen LogP contribution is -2.47. The highest BCUT2D eigenvalue weighted by Gasteiger charge is 2.64. The summed E-state index contributed by atoms with van der Waals surface area (Å²) in [6.45, 7) is 8.21. The van der Waals surface area contributed by atoms with Crippen LogP contribution in [0, 0.1) is 19.3 Å². The quantitative estimate of drug-likeness (QED) is 0.0110. The number of aryl methyl sites for hydroxylation is 2. The Labute approximate surface area is 552 Å². The number of nitrogens with zero attached hydrogens (tertiary/aromatic N) is 6. The number of carbonyl (C=O) groups excluding carboxylic acids is 8. The number of piperidine rings is 1. The third-order valence-corrected chi connectivity index (χ3v) is 17.0. The highest BCUT2D eigenvalue weighted by atomic mass is 79.9. The Morgan fingerprint density at radius 1 is 0.677 bits per heavy atom. The number of aromatic nitrogens is 5. The monoisotopic (exact) mass is 1360 g/mol. The smallest absolute Gasteiger partial charge is 0.328 e. The Bertz CT molecular complexity index is 3150. The first-order chi connectivity index (χ1) is 44.8. The minimum atomic E-state index is -0.927. The maximum absolute atomic E-state index is 14.2. The van der Waals surface area contributed by atoms with Crippen molar-refractivity contribution in [2.45, 2.75) is 187 Å². The van der Waals surface area contributed by atoms with E-state index in [9.17, 15) is 43.2 Å². The number of methoxy groups -OCH3 is 1. The molecule has 0 radical (unpaired) electrons. The summed E-state index contributed by atoms with van der Waals surface area (Å²) in [5.41, 5.74) is 3.60. The molecule has 4 atom stereocenters. The molecule has 1 saturated heterocycles. The number of likely N-dealkylation sites (tertiary alicyclic amines) is 1. The molecule has 510 valence electrons. The van der Waals surface area contributed by atoms with Gasteiger partial charge in [-0.1, -0.05) is 90.0 Å². The number of ether oxygens (including phenoxy) is 5. The summed E-state index contributed by atoms with van der Waals surface area (Å²) in [7, 11) is 1.24. The van der Waals surface area contributed by atoms with Crippen LogP contribution in [-0.4, -0.2) is 179 Å². The minimum absolute atomic E-state index is 0.000739. The zero-order chi connectivity index (χ0) is 67.1. The summed E-state index contributed by atoms with van der Waals surface area (Å²) < 4.78 is 28.7. The fraction of sp³-hybridized carbons (Fsp3) is 0.621. The summed E-state index contributed by atoms with van der Waals surface area (Å²) in [6, 6.07) is 5.67. The minimum Gasteiger partial charge on any atom is -0.481 e. The number of pyridine rings is 1. The topological polar surface area (TPSA) is 340 Å². The van der Waals surface area contributed by atoms with Crippen molar-refractivity contribution in [3.8, 4) is 11.1 Å². The van der Waals surface area contributed by atoms with Gasteiger partial charge in [-0.15, -0.1) is 0 Å². The number of halogens is 1. The number of Topliss-reactive ketones (excluding diaryl/α,β-unsaturated/α-hetero) is 1. The Balaban J connectivity index is 0.750. The summed E-state index contributed by atoms with van der Waals surface area (Å²) in [6.07, 6.45) is 20.3. The molecule has 27 heteroatoms. The predicted octanol–water partition coefficient (Wildman–Crippen LogP) is 7.17.